The van der Waals surface area contributed by atoms with E-state index in [0.29, 0.717) is 6.42 Å². The lowest BCUT2D eigenvalue weighted by Gasteiger charge is -2.27. The Morgan fingerprint density at radius 2 is 1.71 bits per heavy atom. The summed E-state index contributed by atoms with van der Waals surface area (Å²) in [5, 5.41) is 9.23. The third kappa shape index (κ3) is 9.01. The molecule has 11 heteroatoms. The molecule has 11 nitrogen and oxygen atoms in total. The Bertz CT molecular complexity index is 1130. The normalized spacial score (nSPS) is 17.6. The number of ether oxygens (including phenoxy) is 2. The fraction of sp³-hybridized carbons (Fsp3) is 0.444. The van der Waals surface area contributed by atoms with Crippen LogP contribution in [0.1, 0.15) is 38.3 Å². The van der Waals surface area contributed by atoms with E-state index in [9.17, 15) is 14.4 Å². The van der Waals surface area contributed by atoms with Gasteiger partial charge in [-0.05, 0) is 43.9 Å². The van der Waals surface area contributed by atoms with Gasteiger partial charge in [-0.15, -0.1) is 0 Å². The van der Waals surface area contributed by atoms with Gasteiger partial charge in [-0.1, -0.05) is 65.8 Å². The molecule has 2 aromatic carbocycles. The van der Waals surface area contributed by atoms with Gasteiger partial charge in [0.1, 0.15) is 18.2 Å². The molecule has 3 atom stereocenters. The lowest BCUT2D eigenvalue weighted by molar-refractivity contribution is -0.123. The van der Waals surface area contributed by atoms with Crippen LogP contribution in [0, 0.1) is 0 Å². The van der Waals surface area contributed by atoms with Crippen LogP contribution in [-0.2, 0) is 27.3 Å². The van der Waals surface area contributed by atoms with Gasteiger partial charge in [0.05, 0.1) is 0 Å². The molecule has 1 aliphatic heterocycles. The van der Waals surface area contributed by atoms with Gasteiger partial charge in [0, 0.05) is 36.5 Å². The van der Waals surface area contributed by atoms with Crippen LogP contribution in [0.25, 0.3) is 10.4 Å². The molecule has 0 aliphatic carbocycles. The molecule has 0 saturated carbocycles. The highest BCUT2D eigenvalue weighted by atomic mass is 16.6. The number of rotatable bonds is 9. The third-order valence-electron chi connectivity index (χ3n) is 5.85. The SMILES string of the molecule is CC(C)(C)OC(=O)N1C[C@@H](NC(=O)[C@H](Cc2ccccc2)NC(=O)OCc2ccccc2)C[C@H]1CN=[N+]=[N-]. The smallest absolute Gasteiger partial charge is 0.410 e. The Balaban J connectivity index is 1.68. The van der Waals surface area contributed by atoms with Gasteiger partial charge in [0.25, 0.3) is 0 Å². The predicted molar refractivity (Wildman–Crippen MR) is 141 cm³/mol. The van der Waals surface area contributed by atoms with Crippen molar-refractivity contribution in [3.63, 3.8) is 0 Å². The second-order valence-electron chi connectivity index (χ2n) is 10.1. The molecule has 0 spiro atoms. The zero-order valence-corrected chi connectivity index (χ0v) is 21.9. The lowest BCUT2D eigenvalue weighted by Crippen LogP contribution is -2.51. The van der Waals surface area contributed by atoms with Crippen molar-refractivity contribution < 1.29 is 23.9 Å². The highest BCUT2D eigenvalue weighted by Gasteiger charge is 2.38. The van der Waals surface area contributed by atoms with Crippen LogP contribution in [-0.4, -0.2) is 59.8 Å². The number of nitrogens with one attached hydrogen (secondary N) is 2. The molecule has 0 radical (unpaired) electrons. The molecule has 1 fully saturated rings. The number of carbonyl (C=O) groups excluding carboxylic acids is 3. The number of likely N-dealkylation sites (tertiary alicyclic amines) is 1. The van der Waals surface area contributed by atoms with Gasteiger partial charge in [-0.2, -0.15) is 0 Å². The van der Waals surface area contributed by atoms with E-state index >= 15 is 0 Å². The Kier molecular flexibility index (Phi) is 9.95. The highest BCUT2D eigenvalue weighted by Crippen LogP contribution is 2.22. The van der Waals surface area contributed by atoms with Crippen molar-refractivity contribution in [3.8, 4) is 0 Å². The van der Waals surface area contributed by atoms with Crippen LogP contribution in [0.5, 0.6) is 0 Å². The summed E-state index contributed by atoms with van der Waals surface area (Å²) in [6.07, 6.45) is -0.637. The zero-order valence-electron chi connectivity index (χ0n) is 21.9. The van der Waals surface area contributed by atoms with E-state index in [1.54, 1.807) is 20.8 Å². The van der Waals surface area contributed by atoms with Crippen molar-refractivity contribution in [1.82, 2.24) is 15.5 Å². The second kappa shape index (κ2) is 13.3. The van der Waals surface area contributed by atoms with Gasteiger partial charge in [0.15, 0.2) is 0 Å². The number of nitrogens with zero attached hydrogens (tertiary/aromatic N) is 4. The summed E-state index contributed by atoms with van der Waals surface area (Å²) in [6, 6.07) is 16.8. The second-order valence-corrected chi connectivity index (χ2v) is 10.1. The Morgan fingerprint density at radius 3 is 2.32 bits per heavy atom. The largest absolute Gasteiger partial charge is 0.445 e. The number of benzene rings is 2. The third-order valence-corrected chi connectivity index (χ3v) is 5.85. The molecule has 2 N–H and O–H groups in total. The average Bonchev–Trinajstić information content (AvgIpc) is 3.28. The minimum atomic E-state index is -0.910. The van der Waals surface area contributed by atoms with Gasteiger partial charge in [-0.25, -0.2) is 9.59 Å². The van der Waals surface area contributed by atoms with E-state index < -0.39 is 41.8 Å². The van der Waals surface area contributed by atoms with Gasteiger partial charge >= 0.3 is 12.2 Å². The summed E-state index contributed by atoms with van der Waals surface area (Å²) in [7, 11) is 0. The Labute approximate surface area is 222 Å². The summed E-state index contributed by atoms with van der Waals surface area (Å²) < 4.78 is 10.8. The lowest BCUT2D eigenvalue weighted by atomic mass is 10.0. The van der Waals surface area contributed by atoms with Crippen LogP contribution in [0.2, 0.25) is 0 Å². The first-order valence-corrected chi connectivity index (χ1v) is 12.5. The van der Waals surface area contributed by atoms with Crippen LogP contribution >= 0.6 is 0 Å². The Morgan fingerprint density at radius 1 is 1.08 bits per heavy atom. The van der Waals surface area contributed by atoms with E-state index in [-0.39, 0.29) is 26.1 Å². The molecule has 0 unspecified atom stereocenters. The van der Waals surface area contributed by atoms with Gasteiger partial charge in [-0.3, -0.25) is 4.79 Å². The summed E-state index contributed by atoms with van der Waals surface area (Å²) in [5.41, 5.74) is 9.75. The van der Waals surface area contributed by atoms with Crippen LogP contribution in [0.4, 0.5) is 9.59 Å². The number of azide groups is 1. The molecule has 0 aromatic heterocycles. The number of amides is 3. The van der Waals surface area contributed by atoms with Crippen molar-refractivity contribution in [2.24, 2.45) is 5.11 Å². The molecule has 0 bridgehead atoms. The Hall–Kier alpha value is -4.24. The van der Waals surface area contributed by atoms with Crippen molar-refractivity contribution in [2.75, 3.05) is 13.1 Å². The molecular weight excluding hydrogens is 488 g/mol. The minimum absolute atomic E-state index is 0.0552. The molecule has 1 aliphatic rings. The van der Waals surface area contributed by atoms with E-state index in [2.05, 4.69) is 20.7 Å². The summed E-state index contributed by atoms with van der Waals surface area (Å²) >= 11 is 0. The summed E-state index contributed by atoms with van der Waals surface area (Å²) in [5.74, 6) is -0.413. The maximum atomic E-state index is 13.3. The monoisotopic (exact) mass is 522 g/mol. The zero-order chi connectivity index (χ0) is 27.5. The van der Waals surface area contributed by atoms with Crippen LogP contribution in [0.3, 0.4) is 0 Å². The topological polar surface area (TPSA) is 146 Å². The number of hydrogen-bond acceptors (Lipinski definition) is 6. The first-order chi connectivity index (χ1) is 18.1. The molecule has 3 amide bonds. The summed E-state index contributed by atoms with van der Waals surface area (Å²) in [6.45, 7) is 5.60. The highest BCUT2D eigenvalue weighted by molar-refractivity contribution is 5.86. The van der Waals surface area contributed by atoms with Crippen LogP contribution < -0.4 is 10.6 Å². The fourth-order valence-corrected chi connectivity index (χ4v) is 4.14. The van der Waals surface area contributed by atoms with Crippen molar-refractivity contribution in [1.29, 1.82) is 0 Å². The molecule has 2 aromatic rings. The number of alkyl carbamates (subject to hydrolysis) is 1. The minimum Gasteiger partial charge on any atom is -0.445 e. The average molecular weight is 523 g/mol. The van der Waals surface area contributed by atoms with Gasteiger partial charge in [0.2, 0.25) is 5.91 Å². The summed E-state index contributed by atoms with van der Waals surface area (Å²) in [4.78, 5) is 42.9. The van der Waals surface area contributed by atoms with E-state index in [4.69, 9.17) is 15.0 Å². The van der Waals surface area contributed by atoms with E-state index in [1.165, 1.54) is 4.90 Å². The maximum absolute atomic E-state index is 13.3. The van der Waals surface area contributed by atoms with E-state index in [1.807, 2.05) is 60.7 Å². The molecule has 38 heavy (non-hydrogen) atoms. The fourth-order valence-electron chi connectivity index (χ4n) is 4.14. The van der Waals surface area contributed by atoms with Crippen molar-refractivity contribution in [2.45, 2.75) is 63.9 Å². The molecule has 202 valence electrons. The quantitative estimate of drug-likeness (QED) is 0.286. The first-order valence-electron chi connectivity index (χ1n) is 12.5. The standard InChI is InChI=1S/C27H34N6O5/c1-27(2,3)38-26(36)33-17-21(15-22(33)16-29-32-28)30-24(34)23(14-19-10-6-4-7-11-19)31-25(35)37-18-20-12-8-5-9-13-20/h4-13,21-23H,14-18H2,1-3H3,(H,30,34)(H,31,35)/t21-,22-,23-/m0/s1. The van der Waals surface area contributed by atoms with Crippen molar-refractivity contribution in [3.05, 3.63) is 82.2 Å². The predicted octanol–water partition coefficient (Wildman–Crippen LogP) is 4.33. The maximum Gasteiger partial charge on any atom is 0.410 e. The van der Waals surface area contributed by atoms with Gasteiger partial charge < -0.3 is 25.0 Å². The van der Waals surface area contributed by atoms with Crippen LogP contribution in [0.15, 0.2) is 65.8 Å². The molecule has 1 heterocycles. The molecule has 3 rings (SSSR count). The number of carbonyl (C=O) groups is 3. The molecular formula is C27H34N6O5. The number of hydrogen-bond donors (Lipinski definition) is 2. The van der Waals surface area contributed by atoms with E-state index in [0.717, 1.165) is 11.1 Å². The first kappa shape index (κ1) is 28.3. The van der Waals surface area contributed by atoms with Crippen molar-refractivity contribution >= 4 is 18.1 Å². The molecule has 1 saturated heterocycles.